The highest BCUT2D eigenvalue weighted by Gasteiger charge is 2.14. The third-order valence-corrected chi connectivity index (χ3v) is 2.23. The summed E-state index contributed by atoms with van der Waals surface area (Å²) in [6.45, 7) is 0.300. The Morgan fingerprint density at radius 1 is 1.59 bits per heavy atom. The molecule has 0 aliphatic carbocycles. The molecule has 0 spiro atoms. The highest BCUT2D eigenvalue weighted by atomic mass is 35.5. The van der Waals surface area contributed by atoms with Crippen LogP contribution in [0.25, 0.3) is 0 Å². The van der Waals surface area contributed by atoms with Gasteiger partial charge in [-0.1, -0.05) is 11.6 Å². The molecule has 1 amide bonds. The number of aliphatic hydroxyl groups is 1. The first-order valence-electron chi connectivity index (χ1n) is 5.05. The second-order valence-corrected chi connectivity index (χ2v) is 3.75. The van der Waals surface area contributed by atoms with Gasteiger partial charge in [0.2, 0.25) is 0 Å². The molecule has 0 aromatic carbocycles. The number of ether oxygens (including phenoxy) is 1. The fraction of sp³-hybridized carbons (Fsp3) is 0.500. The molecule has 94 valence electrons. The van der Waals surface area contributed by atoms with E-state index in [-0.39, 0.29) is 29.4 Å². The van der Waals surface area contributed by atoms with Crippen LogP contribution in [0.15, 0.2) is 12.4 Å². The van der Waals surface area contributed by atoms with Crippen molar-refractivity contribution in [1.29, 1.82) is 0 Å². The average molecular weight is 260 g/mol. The standard InChI is InChI=1S/C10H14ClN3O3/c1-17-6-7(2-3-15)14-10(16)8-4-13-9(11)5-12-8/h4-5,7,15H,2-3,6H2,1H3,(H,14,16). The zero-order valence-corrected chi connectivity index (χ0v) is 10.1. The van der Waals surface area contributed by atoms with E-state index in [1.807, 2.05) is 0 Å². The maximum Gasteiger partial charge on any atom is 0.271 e. The molecule has 0 aliphatic heterocycles. The van der Waals surface area contributed by atoms with Crippen LogP contribution >= 0.6 is 11.6 Å². The van der Waals surface area contributed by atoms with Crippen LogP contribution in [-0.4, -0.2) is 47.3 Å². The molecule has 1 rings (SSSR count). The largest absolute Gasteiger partial charge is 0.396 e. The number of nitrogens with zero attached hydrogens (tertiary/aromatic N) is 2. The van der Waals surface area contributed by atoms with Gasteiger partial charge in [-0.05, 0) is 6.42 Å². The molecule has 1 unspecified atom stereocenters. The zero-order valence-electron chi connectivity index (χ0n) is 9.39. The first-order chi connectivity index (χ1) is 8.17. The van der Waals surface area contributed by atoms with Crippen LogP contribution in [0.4, 0.5) is 0 Å². The highest BCUT2D eigenvalue weighted by molar-refractivity contribution is 6.29. The Labute approximate surface area is 104 Å². The van der Waals surface area contributed by atoms with E-state index < -0.39 is 0 Å². The molecule has 0 saturated carbocycles. The fourth-order valence-corrected chi connectivity index (χ4v) is 1.34. The van der Waals surface area contributed by atoms with E-state index in [2.05, 4.69) is 15.3 Å². The van der Waals surface area contributed by atoms with Gasteiger partial charge in [0.25, 0.3) is 5.91 Å². The predicted octanol–water partition coefficient (Wildman–Crippen LogP) is 0.257. The molecule has 0 saturated heterocycles. The molecule has 0 aliphatic rings. The Morgan fingerprint density at radius 3 is 2.88 bits per heavy atom. The van der Waals surface area contributed by atoms with Crippen LogP contribution in [0.1, 0.15) is 16.9 Å². The van der Waals surface area contributed by atoms with E-state index in [1.165, 1.54) is 19.5 Å². The van der Waals surface area contributed by atoms with Crippen molar-refractivity contribution in [3.05, 3.63) is 23.2 Å². The van der Waals surface area contributed by atoms with Gasteiger partial charge in [-0.2, -0.15) is 0 Å². The van der Waals surface area contributed by atoms with Crippen molar-refractivity contribution in [2.75, 3.05) is 20.3 Å². The Hall–Kier alpha value is -1.24. The number of hydrogen-bond acceptors (Lipinski definition) is 5. The monoisotopic (exact) mass is 259 g/mol. The van der Waals surface area contributed by atoms with Gasteiger partial charge in [0.1, 0.15) is 10.8 Å². The van der Waals surface area contributed by atoms with E-state index in [0.29, 0.717) is 13.0 Å². The van der Waals surface area contributed by atoms with Crippen LogP contribution in [0.5, 0.6) is 0 Å². The molecule has 6 nitrogen and oxygen atoms in total. The molecule has 0 bridgehead atoms. The minimum atomic E-state index is -0.371. The maximum atomic E-state index is 11.7. The Balaban J connectivity index is 2.60. The number of amides is 1. The molecule has 7 heteroatoms. The van der Waals surface area contributed by atoms with Gasteiger partial charge in [-0.3, -0.25) is 4.79 Å². The van der Waals surface area contributed by atoms with Gasteiger partial charge in [-0.25, -0.2) is 9.97 Å². The summed E-state index contributed by atoms with van der Waals surface area (Å²) in [5, 5.41) is 11.7. The average Bonchev–Trinajstić information content (AvgIpc) is 2.30. The quantitative estimate of drug-likeness (QED) is 0.765. The number of halogens is 1. The minimum absolute atomic E-state index is 0.0272. The number of methoxy groups -OCH3 is 1. The summed E-state index contributed by atoms with van der Waals surface area (Å²) in [6, 6.07) is -0.255. The Kier molecular flexibility index (Phi) is 5.82. The lowest BCUT2D eigenvalue weighted by atomic mass is 10.2. The lowest BCUT2D eigenvalue weighted by Crippen LogP contribution is -2.39. The smallest absolute Gasteiger partial charge is 0.271 e. The van der Waals surface area contributed by atoms with E-state index >= 15 is 0 Å². The lowest BCUT2D eigenvalue weighted by Gasteiger charge is -2.16. The van der Waals surface area contributed by atoms with Crippen LogP contribution in [0, 0.1) is 0 Å². The van der Waals surface area contributed by atoms with Crippen LogP contribution in [0.3, 0.4) is 0 Å². The van der Waals surface area contributed by atoms with Crippen molar-refractivity contribution < 1.29 is 14.6 Å². The number of hydrogen-bond donors (Lipinski definition) is 2. The van der Waals surface area contributed by atoms with Gasteiger partial charge in [0.15, 0.2) is 0 Å². The highest BCUT2D eigenvalue weighted by Crippen LogP contribution is 2.02. The molecule has 1 heterocycles. The van der Waals surface area contributed by atoms with Crippen molar-refractivity contribution in [2.24, 2.45) is 0 Å². The predicted molar refractivity (Wildman–Crippen MR) is 61.9 cm³/mol. The summed E-state index contributed by atoms with van der Waals surface area (Å²) in [5.74, 6) is -0.371. The van der Waals surface area contributed by atoms with Crippen molar-refractivity contribution >= 4 is 17.5 Å². The number of nitrogens with one attached hydrogen (secondary N) is 1. The molecule has 0 radical (unpaired) electrons. The van der Waals surface area contributed by atoms with Crippen molar-refractivity contribution in [3.63, 3.8) is 0 Å². The van der Waals surface area contributed by atoms with Crippen LogP contribution in [0.2, 0.25) is 5.15 Å². The van der Waals surface area contributed by atoms with E-state index in [9.17, 15) is 4.79 Å². The summed E-state index contributed by atoms with van der Waals surface area (Å²) in [7, 11) is 1.53. The van der Waals surface area contributed by atoms with E-state index in [1.54, 1.807) is 0 Å². The first kappa shape index (κ1) is 13.8. The third kappa shape index (κ3) is 4.64. The number of aromatic nitrogens is 2. The summed E-state index contributed by atoms with van der Waals surface area (Å²) in [4.78, 5) is 19.3. The van der Waals surface area contributed by atoms with Crippen molar-refractivity contribution in [3.8, 4) is 0 Å². The second-order valence-electron chi connectivity index (χ2n) is 3.36. The number of carbonyl (C=O) groups excluding carboxylic acids is 1. The molecular formula is C10H14ClN3O3. The molecule has 1 aromatic rings. The van der Waals surface area contributed by atoms with Crippen LogP contribution < -0.4 is 5.32 Å². The van der Waals surface area contributed by atoms with Crippen molar-refractivity contribution in [1.82, 2.24) is 15.3 Å². The van der Waals surface area contributed by atoms with Gasteiger partial charge in [0, 0.05) is 13.7 Å². The van der Waals surface area contributed by atoms with Crippen molar-refractivity contribution in [2.45, 2.75) is 12.5 Å². The summed E-state index contributed by atoms with van der Waals surface area (Å²) in [5.41, 5.74) is 0.174. The van der Waals surface area contributed by atoms with Gasteiger partial charge in [-0.15, -0.1) is 0 Å². The number of aliphatic hydroxyl groups excluding tert-OH is 1. The Morgan fingerprint density at radius 2 is 2.35 bits per heavy atom. The SMILES string of the molecule is COCC(CCO)NC(=O)c1cnc(Cl)cn1. The molecule has 2 N–H and O–H groups in total. The maximum absolute atomic E-state index is 11.7. The second kappa shape index (κ2) is 7.16. The fourth-order valence-electron chi connectivity index (χ4n) is 1.24. The topological polar surface area (TPSA) is 84.3 Å². The first-order valence-corrected chi connectivity index (χ1v) is 5.43. The normalized spacial score (nSPS) is 12.2. The van der Waals surface area contributed by atoms with Gasteiger partial charge in [0.05, 0.1) is 25.0 Å². The molecule has 1 atom stereocenters. The van der Waals surface area contributed by atoms with Gasteiger partial charge < -0.3 is 15.2 Å². The van der Waals surface area contributed by atoms with Gasteiger partial charge >= 0.3 is 0 Å². The third-order valence-electron chi connectivity index (χ3n) is 2.03. The number of rotatable bonds is 6. The molecular weight excluding hydrogens is 246 g/mol. The molecule has 1 aromatic heterocycles. The minimum Gasteiger partial charge on any atom is -0.396 e. The zero-order chi connectivity index (χ0) is 12.7. The number of carbonyl (C=O) groups is 1. The van der Waals surface area contributed by atoms with Crippen LogP contribution in [-0.2, 0) is 4.74 Å². The summed E-state index contributed by atoms with van der Waals surface area (Å²) < 4.78 is 4.93. The summed E-state index contributed by atoms with van der Waals surface area (Å²) in [6.07, 6.45) is 3.01. The van der Waals surface area contributed by atoms with E-state index in [0.717, 1.165) is 0 Å². The van der Waals surface area contributed by atoms with E-state index in [4.69, 9.17) is 21.4 Å². The summed E-state index contributed by atoms with van der Waals surface area (Å²) >= 11 is 5.56. The lowest BCUT2D eigenvalue weighted by molar-refractivity contribution is 0.0873. The molecule has 0 fully saturated rings. The Bertz CT molecular complexity index is 352. The molecule has 17 heavy (non-hydrogen) atoms.